The number of halogens is 1. The molecule has 0 amide bonds. The smallest absolute Gasteiger partial charge is 0.191 e. The van der Waals surface area contributed by atoms with E-state index in [1.165, 1.54) is 16.7 Å². The normalized spacial score (nSPS) is 11.3. The van der Waals surface area contributed by atoms with Crippen LogP contribution in [0, 0.1) is 13.8 Å². The molecule has 0 atom stereocenters. The van der Waals surface area contributed by atoms with E-state index in [4.69, 9.17) is 4.52 Å². The second kappa shape index (κ2) is 9.66. The Labute approximate surface area is 161 Å². The summed E-state index contributed by atoms with van der Waals surface area (Å²) in [5, 5.41) is 10.6. The number of rotatable bonds is 5. The maximum atomic E-state index is 5.32. The van der Waals surface area contributed by atoms with E-state index in [-0.39, 0.29) is 24.0 Å². The van der Waals surface area contributed by atoms with Gasteiger partial charge in [0.25, 0.3) is 0 Å². The third-order valence-corrected chi connectivity index (χ3v) is 3.77. The van der Waals surface area contributed by atoms with E-state index in [0.717, 1.165) is 24.0 Å². The van der Waals surface area contributed by atoms with Crippen molar-refractivity contribution in [2.75, 3.05) is 7.05 Å². The summed E-state index contributed by atoms with van der Waals surface area (Å²) in [6, 6.07) is 8.45. The van der Waals surface area contributed by atoms with Crippen molar-refractivity contribution in [1.29, 1.82) is 0 Å². The number of nitrogens with one attached hydrogen (secondary N) is 2. The molecule has 0 aliphatic heterocycles. The fourth-order valence-electron chi connectivity index (χ4n) is 2.30. The molecule has 0 spiro atoms. The summed E-state index contributed by atoms with van der Waals surface area (Å²) in [5.41, 5.74) is 4.80. The van der Waals surface area contributed by atoms with Crippen molar-refractivity contribution in [2.24, 2.45) is 4.99 Å². The van der Waals surface area contributed by atoms with Crippen molar-refractivity contribution in [3.63, 3.8) is 0 Å². The van der Waals surface area contributed by atoms with E-state index in [1.54, 1.807) is 7.05 Å². The summed E-state index contributed by atoms with van der Waals surface area (Å²) in [6.07, 6.45) is 0. The summed E-state index contributed by atoms with van der Waals surface area (Å²) < 4.78 is 5.32. The van der Waals surface area contributed by atoms with Gasteiger partial charge in [-0.1, -0.05) is 42.8 Å². The number of aryl methyl sites for hydroxylation is 2. The Morgan fingerprint density at radius 2 is 1.88 bits per heavy atom. The summed E-state index contributed by atoms with van der Waals surface area (Å²) in [5.74, 6) is 1.92. The molecule has 0 radical (unpaired) electrons. The van der Waals surface area contributed by atoms with Crippen LogP contribution in [0.25, 0.3) is 0 Å². The summed E-state index contributed by atoms with van der Waals surface area (Å²) in [7, 11) is 1.76. The van der Waals surface area contributed by atoms with Gasteiger partial charge in [-0.25, -0.2) is 0 Å². The van der Waals surface area contributed by atoms with E-state index in [1.807, 2.05) is 6.07 Å². The van der Waals surface area contributed by atoms with Gasteiger partial charge in [-0.3, -0.25) is 4.99 Å². The first kappa shape index (κ1) is 20.5. The maximum Gasteiger partial charge on any atom is 0.191 e. The molecule has 0 saturated heterocycles. The van der Waals surface area contributed by atoms with E-state index < -0.39 is 0 Å². The van der Waals surface area contributed by atoms with Crippen LogP contribution in [0.4, 0.5) is 0 Å². The van der Waals surface area contributed by atoms with Gasteiger partial charge < -0.3 is 15.2 Å². The SMILES string of the molecule is CN=C(NCc1cc(C(C)C)no1)NCc1ccc(C)cc1C.I. The van der Waals surface area contributed by atoms with Gasteiger partial charge in [0, 0.05) is 19.7 Å². The third-order valence-electron chi connectivity index (χ3n) is 3.77. The largest absolute Gasteiger partial charge is 0.359 e. The van der Waals surface area contributed by atoms with Crippen molar-refractivity contribution in [2.45, 2.75) is 46.7 Å². The van der Waals surface area contributed by atoms with E-state index in [0.29, 0.717) is 12.5 Å². The lowest BCUT2D eigenvalue weighted by molar-refractivity contribution is 0.372. The minimum absolute atomic E-state index is 0. The summed E-state index contributed by atoms with van der Waals surface area (Å²) in [4.78, 5) is 4.24. The van der Waals surface area contributed by atoms with Gasteiger partial charge >= 0.3 is 0 Å². The van der Waals surface area contributed by atoms with Crippen LogP contribution in [0.5, 0.6) is 0 Å². The second-order valence-corrected chi connectivity index (χ2v) is 6.08. The minimum atomic E-state index is 0. The highest BCUT2D eigenvalue weighted by Gasteiger charge is 2.08. The van der Waals surface area contributed by atoms with Crippen LogP contribution >= 0.6 is 24.0 Å². The van der Waals surface area contributed by atoms with Crippen LogP contribution in [0.2, 0.25) is 0 Å². The molecular formula is C18H27IN4O. The highest BCUT2D eigenvalue weighted by molar-refractivity contribution is 14.0. The van der Waals surface area contributed by atoms with Crippen LogP contribution in [-0.4, -0.2) is 18.2 Å². The van der Waals surface area contributed by atoms with E-state index >= 15 is 0 Å². The predicted molar refractivity (Wildman–Crippen MR) is 109 cm³/mol. The Hall–Kier alpha value is -1.57. The lowest BCUT2D eigenvalue weighted by atomic mass is 10.1. The van der Waals surface area contributed by atoms with Gasteiger partial charge in [-0.15, -0.1) is 24.0 Å². The first-order valence-corrected chi connectivity index (χ1v) is 7.95. The number of aliphatic imine (C=N–C) groups is 1. The molecular weight excluding hydrogens is 415 g/mol. The van der Waals surface area contributed by atoms with Gasteiger partial charge in [0.05, 0.1) is 12.2 Å². The topological polar surface area (TPSA) is 62.5 Å². The molecule has 1 aromatic heterocycles. The first-order valence-electron chi connectivity index (χ1n) is 7.95. The van der Waals surface area contributed by atoms with Gasteiger partial charge in [-0.05, 0) is 30.9 Å². The molecule has 0 aliphatic rings. The number of nitrogens with zero attached hydrogens (tertiary/aromatic N) is 2. The quantitative estimate of drug-likeness (QED) is 0.419. The van der Waals surface area contributed by atoms with Crippen LogP contribution in [0.3, 0.4) is 0 Å². The average molecular weight is 442 g/mol. The fraction of sp³-hybridized carbons (Fsp3) is 0.444. The Morgan fingerprint density at radius 1 is 1.17 bits per heavy atom. The minimum Gasteiger partial charge on any atom is -0.359 e. The molecule has 0 unspecified atom stereocenters. The van der Waals surface area contributed by atoms with Crippen molar-refractivity contribution >= 4 is 29.9 Å². The molecule has 0 bridgehead atoms. The molecule has 2 rings (SSSR count). The number of aromatic nitrogens is 1. The molecule has 24 heavy (non-hydrogen) atoms. The Balaban J connectivity index is 0.00000288. The van der Waals surface area contributed by atoms with Crippen LogP contribution in [-0.2, 0) is 13.1 Å². The van der Waals surface area contributed by atoms with Crippen LogP contribution in [0.15, 0.2) is 33.8 Å². The molecule has 5 nitrogen and oxygen atoms in total. The van der Waals surface area contributed by atoms with E-state index in [9.17, 15) is 0 Å². The monoisotopic (exact) mass is 442 g/mol. The molecule has 2 N–H and O–H groups in total. The molecule has 6 heteroatoms. The zero-order valence-corrected chi connectivity index (χ0v) is 17.3. The molecule has 0 saturated carbocycles. The number of guanidine groups is 1. The van der Waals surface area contributed by atoms with Gasteiger partial charge in [0.15, 0.2) is 11.7 Å². The number of benzene rings is 1. The van der Waals surface area contributed by atoms with Crippen molar-refractivity contribution in [3.8, 4) is 0 Å². The van der Waals surface area contributed by atoms with Gasteiger partial charge in [-0.2, -0.15) is 0 Å². The van der Waals surface area contributed by atoms with E-state index in [2.05, 4.69) is 66.7 Å². The number of hydrogen-bond acceptors (Lipinski definition) is 3. The first-order chi connectivity index (χ1) is 11.0. The zero-order chi connectivity index (χ0) is 16.8. The lowest BCUT2D eigenvalue weighted by Gasteiger charge is -2.12. The zero-order valence-electron chi connectivity index (χ0n) is 15.0. The highest BCUT2D eigenvalue weighted by Crippen LogP contribution is 2.13. The second-order valence-electron chi connectivity index (χ2n) is 6.08. The predicted octanol–water partition coefficient (Wildman–Crippen LogP) is 3.90. The molecule has 2 aromatic rings. The van der Waals surface area contributed by atoms with Gasteiger partial charge in [0.1, 0.15) is 0 Å². The number of hydrogen-bond donors (Lipinski definition) is 2. The standard InChI is InChI=1S/C18H26N4O.HI/c1-12(2)17-9-16(23-22-17)11-21-18(19-5)20-10-15-7-6-13(3)8-14(15)4;/h6-9,12H,10-11H2,1-5H3,(H2,19,20,21);1H. The molecule has 1 heterocycles. The fourth-order valence-corrected chi connectivity index (χ4v) is 2.30. The van der Waals surface area contributed by atoms with Crippen molar-refractivity contribution in [1.82, 2.24) is 15.8 Å². The third kappa shape index (κ3) is 5.81. The summed E-state index contributed by atoms with van der Waals surface area (Å²) in [6.45, 7) is 9.72. The average Bonchev–Trinajstić information content (AvgIpc) is 2.98. The Bertz CT molecular complexity index is 679. The molecule has 132 valence electrons. The lowest BCUT2D eigenvalue weighted by Crippen LogP contribution is -2.36. The van der Waals surface area contributed by atoms with Crippen molar-refractivity contribution in [3.05, 3.63) is 52.4 Å². The maximum absolute atomic E-state index is 5.32. The Morgan fingerprint density at radius 3 is 2.46 bits per heavy atom. The molecule has 0 fully saturated rings. The van der Waals surface area contributed by atoms with Crippen LogP contribution < -0.4 is 10.6 Å². The van der Waals surface area contributed by atoms with Gasteiger partial charge in [0.2, 0.25) is 0 Å². The molecule has 1 aromatic carbocycles. The Kier molecular flexibility index (Phi) is 8.24. The highest BCUT2D eigenvalue weighted by atomic mass is 127. The van der Waals surface area contributed by atoms with Crippen LogP contribution in [0.1, 0.15) is 47.9 Å². The summed E-state index contributed by atoms with van der Waals surface area (Å²) >= 11 is 0. The van der Waals surface area contributed by atoms with Crippen molar-refractivity contribution < 1.29 is 4.52 Å². The molecule has 0 aliphatic carbocycles.